The Kier molecular flexibility index (Phi) is 4.92. The third kappa shape index (κ3) is 3.62. The number of carboxylic acid groups (broad SMARTS) is 1. The lowest BCUT2D eigenvalue weighted by Crippen LogP contribution is -2.00. The van der Waals surface area contributed by atoms with E-state index in [1.165, 1.54) is 20.3 Å². The lowest BCUT2D eigenvalue weighted by Gasteiger charge is -2.04. The minimum atomic E-state index is -1.05. The van der Waals surface area contributed by atoms with Crippen LogP contribution in [-0.4, -0.2) is 31.3 Å². The van der Waals surface area contributed by atoms with Gasteiger partial charge in [-0.3, -0.25) is 4.79 Å². The van der Waals surface area contributed by atoms with E-state index in [0.29, 0.717) is 11.3 Å². The minimum Gasteiger partial charge on any atom is -0.497 e. The highest BCUT2D eigenvalue weighted by molar-refractivity contribution is 5.92. The van der Waals surface area contributed by atoms with E-state index in [9.17, 15) is 9.59 Å². The number of methoxy groups -OCH3 is 2. The molecule has 0 fully saturated rings. The fourth-order valence-corrected chi connectivity index (χ4v) is 1.36. The van der Waals surface area contributed by atoms with Gasteiger partial charge in [0, 0.05) is 0 Å². The second kappa shape index (κ2) is 6.44. The van der Waals surface area contributed by atoms with Crippen LogP contribution in [0.15, 0.2) is 24.3 Å². The molecule has 0 aliphatic carbocycles. The molecule has 0 aliphatic rings. The van der Waals surface area contributed by atoms with Gasteiger partial charge in [-0.1, -0.05) is 18.2 Å². The molecular weight excluding hydrogens is 236 g/mol. The van der Waals surface area contributed by atoms with Gasteiger partial charge in [0.25, 0.3) is 0 Å². The van der Waals surface area contributed by atoms with Gasteiger partial charge >= 0.3 is 11.9 Å². The monoisotopic (exact) mass is 250 g/mol. The van der Waals surface area contributed by atoms with Gasteiger partial charge in [-0.15, -0.1) is 0 Å². The van der Waals surface area contributed by atoms with E-state index < -0.39 is 5.97 Å². The normalized spacial score (nSPS) is 10.3. The van der Waals surface area contributed by atoms with Crippen molar-refractivity contribution in [2.75, 3.05) is 14.2 Å². The van der Waals surface area contributed by atoms with Crippen LogP contribution in [0.2, 0.25) is 0 Å². The summed E-state index contributed by atoms with van der Waals surface area (Å²) in [6.45, 7) is 0. The molecule has 0 atom stereocenters. The van der Waals surface area contributed by atoms with Gasteiger partial charge in [0.2, 0.25) is 0 Å². The SMILES string of the molecule is COC(=O)CC=Cc1ccc(OC)cc1C(=O)O. The van der Waals surface area contributed by atoms with Crippen molar-refractivity contribution in [2.45, 2.75) is 6.42 Å². The summed E-state index contributed by atoms with van der Waals surface area (Å²) in [5, 5.41) is 9.06. The summed E-state index contributed by atoms with van der Waals surface area (Å²) in [5.41, 5.74) is 0.627. The first-order valence-corrected chi connectivity index (χ1v) is 5.23. The Morgan fingerprint density at radius 3 is 2.61 bits per heavy atom. The lowest BCUT2D eigenvalue weighted by molar-refractivity contribution is -0.139. The first-order chi connectivity index (χ1) is 8.58. The standard InChI is InChI=1S/C13H14O5/c1-17-10-7-6-9(11(8-10)13(15)16)4-3-5-12(14)18-2/h3-4,6-8H,5H2,1-2H3,(H,15,16). The van der Waals surface area contributed by atoms with Crippen molar-refractivity contribution in [1.29, 1.82) is 0 Å². The summed E-state index contributed by atoms with van der Waals surface area (Å²) in [6, 6.07) is 4.71. The predicted molar refractivity (Wildman–Crippen MR) is 65.6 cm³/mol. The largest absolute Gasteiger partial charge is 0.497 e. The van der Waals surface area contributed by atoms with Crippen LogP contribution in [0, 0.1) is 0 Å². The van der Waals surface area contributed by atoms with Crippen molar-refractivity contribution < 1.29 is 24.2 Å². The first kappa shape index (κ1) is 13.8. The Hall–Kier alpha value is -2.30. The Labute approximate surface area is 105 Å². The average Bonchev–Trinajstić information content (AvgIpc) is 2.38. The van der Waals surface area contributed by atoms with Crippen molar-refractivity contribution in [3.63, 3.8) is 0 Å². The molecule has 0 amide bonds. The minimum absolute atomic E-state index is 0.0988. The molecule has 18 heavy (non-hydrogen) atoms. The number of benzene rings is 1. The molecule has 1 aromatic rings. The van der Waals surface area contributed by atoms with E-state index >= 15 is 0 Å². The maximum atomic E-state index is 11.1. The number of carbonyl (C=O) groups excluding carboxylic acids is 1. The Balaban J connectivity index is 2.94. The molecule has 5 nitrogen and oxygen atoms in total. The molecule has 0 unspecified atom stereocenters. The van der Waals surface area contributed by atoms with E-state index in [2.05, 4.69) is 4.74 Å². The van der Waals surface area contributed by atoms with Gasteiger partial charge in [0.05, 0.1) is 26.2 Å². The molecule has 0 saturated heterocycles. The summed E-state index contributed by atoms with van der Waals surface area (Å²) in [5.74, 6) is -0.958. The predicted octanol–water partition coefficient (Wildman–Crippen LogP) is 1.97. The van der Waals surface area contributed by atoms with Gasteiger partial charge in [0.1, 0.15) is 5.75 Å². The van der Waals surface area contributed by atoms with Crippen LogP contribution in [0.3, 0.4) is 0 Å². The summed E-state index contributed by atoms with van der Waals surface area (Å²) >= 11 is 0. The second-order valence-corrected chi connectivity index (χ2v) is 3.44. The van der Waals surface area contributed by atoms with Crippen molar-refractivity contribution in [3.05, 3.63) is 35.4 Å². The van der Waals surface area contributed by atoms with E-state index in [4.69, 9.17) is 9.84 Å². The molecule has 0 heterocycles. The molecule has 0 spiro atoms. The van der Waals surface area contributed by atoms with Crippen LogP contribution >= 0.6 is 0 Å². The van der Waals surface area contributed by atoms with Crippen molar-refractivity contribution in [1.82, 2.24) is 0 Å². The molecule has 0 aliphatic heterocycles. The molecular formula is C13H14O5. The zero-order chi connectivity index (χ0) is 13.5. The van der Waals surface area contributed by atoms with Gasteiger partial charge in [0.15, 0.2) is 0 Å². The van der Waals surface area contributed by atoms with E-state index in [1.54, 1.807) is 24.3 Å². The van der Waals surface area contributed by atoms with Crippen molar-refractivity contribution in [2.24, 2.45) is 0 Å². The number of hydrogen-bond acceptors (Lipinski definition) is 4. The maximum Gasteiger partial charge on any atom is 0.336 e. The van der Waals surface area contributed by atoms with Crippen LogP contribution in [0.1, 0.15) is 22.3 Å². The highest BCUT2D eigenvalue weighted by Gasteiger charge is 2.09. The van der Waals surface area contributed by atoms with Gasteiger partial charge in [-0.05, 0) is 17.7 Å². The van der Waals surface area contributed by atoms with Crippen LogP contribution in [-0.2, 0) is 9.53 Å². The lowest BCUT2D eigenvalue weighted by atomic mass is 10.1. The second-order valence-electron chi connectivity index (χ2n) is 3.44. The third-order valence-electron chi connectivity index (χ3n) is 2.30. The van der Waals surface area contributed by atoms with Gasteiger partial charge in [-0.2, -0.15) is 0 Å². The number of ether oxygens (including phenoxy) is 2. The number of rotatable bonds is 5. The fourth-order valence-electron chi connectivity index (χ4n) is 1.36. The molecule has 0 bridgehead atoms. The first-order valence-electron chi connectivity index (χ1n) is 5.23. The smallest absolute Gasteiger partial charge is 0.336 e. The summed E-state index contributed by atoms with van der Waals surface area (Å²) < 4.78 is 9.43. The van der Waals surface area contributed by atoms with Crippen molar-refractivity contribution in [3.8, 4) is 5.75 Å². The van der Waals surface area contributed by atoms with Gasteiger partial charge in [-0.25, -0.2) is 4.79 Å². The topological polar surface area (TPSA) is 72.8 Å². The summed E-state index contributed by atoms with van der Waals surface area (Å²) in [4.78, 5) is 22.0. The van der Waals surface area contributed by atoms with Crippen LogP contribution in [0.4, 0.5) is 0 Å². The number of aromatic carboxylic acids is 1. The molecule has 1 aromatic carbocycles. The molecule has 5 heteroatoms. The molecule has 0 radical (unpaired) electrons. The summed E-state index contributed by atoms with van der Waals surface area (Å²) in [6.07, 6.45) is 3.22. The molecule has 1 N–H and O–H groups in total. The number of esters is 1. The summed E-state index contributed by atoms with van der Waals surface area (Å²) in [7, 11) is 2.76. The molecule has 96 valence electrons. The van der Waals surface area contributed by atoms with Crippen molar-refractivity contribution >= 4 is 18.0 Å². The maximum absolute atomic E-state index is 11.1. The zero-order valence-corrected chi connectivity index (χ0v) is 10.2. The van der Waals surface area contributed by atoms with Gasteiger partial charge < -0.3 is 14.6 Å². The molecule has 0 aromatic heterocycles. The van der Waals surface area contributed by atoms with E-state index in [0.717, 1.165) is 0 Å². The number of carbonyl (C=O) groups is 2. The van der Waals surface area contributed by atoms with E-state index in [-0.39, 0.29) is 18.0 Å². The fraction of sp³-hybridized carbons (Fsp3) is 0.231. The van der Waals surface area contributed by atoms with Crippen LogP contribution in [0.25, 0.3) is 6.08 Å². The molecule has 1 rings (SSSR count). The van der Waals surface area contributed by atoms with E-state index in [1.807, 2.05) is 0 Å². The average molecular weight is 250 g/mol. The zero-order valence-electron chi connectivity index (χ0n) is 10.2. The highest BCUT2D eigenvalue weighted by atomic mass is 16.5. The van der Waals surface area contributed by atoms with Crippen LogP contribution < -0.4 is 4.74 Å². The quantitative estimate of drug-likeness (QED) is 0.809. The number of carboxylic acids is 1. The highest BCUT2D eigenvalue weighted by Crippen LogP contribution is 2.19. The Morgan fingerprint density at radius 2 is 2.06 bits per heavy atom. The Morgan fingerprint density at radius 1 is 1.33 bits per heavy atom. The number of hydrogen-bond donors (Lipinski definition) is 1. The third-order valence-corrected chi connectivity index (χ3v) is 2.30. The molecule has 0 saturated carbocycles. The Bertz CT molecular complexity index is 476. The van der Waals surface area contributed by atoms with Crippen LogP contribution in [0.5, 0.6) is 5.75 Å².